The van der Waals surface area contributed by atoms with Gasteiger partial charge in [-0.2, -0.15) is 0 Å². The summed E-state index contributed by atoms with van der Waals surface area (Å²) in [6.45, 7) is 4.48. The second-order valence-corrected chi connectivity index (χ2v) is 11.9. The van der Waals surface area contributed by atoms with Crippen LogP contribution in [0.1, 0.15) is 45.1 Å². The van der Waals surface area contributed by atoms with Gasteiger partial charge in [-0.15, -0.1) is 0 Å². The van der Waals surface area contributed by atoms with Crippen molar-refractivity contribution in [1.29, 1.82) is 0 Å². The normalized spacial score (nSPS) is 12.1. The molecule has 0 radical (unpaired) electrons. The minimum atomic E-state index is -3.66. The highest BCUT2D eigenvalue weighted by atomic mass is 35.5. The molecule has 210 valence electrons. The Labute approximate surface area is 240 Å². The topological polar surface area (TPSA) is 96.0 Å². The molecule has 1 unspecified atom stereocenters. The van der Waals surface area contributed by atoms with Crippen LogP contribution >= 0.6 is 34.8 Å². The molecule has 2 aromatic rings. The van der Waals surface area contributed by atoms with Crippen LogP contribution in [0.2, 0.25) is 15.1 Å². The number of nitrogens with zero attached hydrogens (tertiary/aromatic N) is 2. The highest BCUT2D eigenvalue weighted by molar-refractivity contribution is 7.92. The molecule has 8 nitrogen and oxygen atoms in total. The van der Waals surface area contributed by atoms with Gasteiger partial charge in [0.05, 0.1) is 34.1 Å². The van der Waals surface area contributed by atoms with Crippen LogP contribution < -0.4 is 14.4 Å². The Morgan fingerprint density at radius 3 is 2.29 bits per heavy atom. The number of hydrogen-bond donors (Lipinski definition) is 1. The Morgan fingerprint density at radius 2 is 1.74 bits per heavy atom. The van der Waals surface area contributed by atoms with Crippen molar-refractivity contribution < 1.29 is 22.7 Å². The van der Waals surface area contributed by atoms with Gasteiger partial charge < -0.3 is 15.0 Å². The van der Waals surface area contributed by atoms with Crippen molar-refractivity contribution in [2.24, 2.45) is 0 Å². The Kier molecular flexibility index (Phi) is 12.5. The second kappa shape index (κ2) is 14.8. The van der Waals surface area contributed by atoms with E-state index in [4.69, 9.17) is 39.5 Å². The van der Waals surface area contributed by atoms with E-state index in [1.807, 2.05) is 13.8 Å². The molecular formula is C26H34Cl3N3O5S. The number of anilines is 1. The van der Waals surface area contributed by atoms with Gasteiger partial charge in [0, 0.05) is 26.1 Å². The molecule has 2 rings (SSSR count). The second-order valence-electron chi connectivity index (χ2n) is 8.74. The summed E-state index contributed by atoms with van der Waals surface area (Å²) in [5.41, 5.74) is 1.09. The quantitative estimate of drug-likeness (QED) is 0.305. The number of methoxy groups -OCH3 is 1. The first kappa shape index (κ1) is 32.0. The minimum Gasteiger partial charge on any atom is -0.495 e. The van der Waals surface area contributed by atoms with Gasteiger partial charge in [0.2, 0.25) is 21.8 Å². The van der Waals surface area contributed by atoms with Crippen LogP contribution in [0.4, 0.5) is 5.69 Å². The highest BCUT2D eigenvalue weighted by Crippen LogP contribution is 2.30. The van der Waals surface area contributed by atoms with Crippen molar-refractivity contribution in [2.75, 3.05) is 30.8 Å². The van der Waals surface area contributed by atoms with Crippen molar-refractivity contribution in [2.45, 2.75) is 52.1 Å². The van der Waals surface area contributed by atoms with Gasteiger partial charge in [0.15, 0.2) is 0 Å². The van der Waals surface area contributed by atoms with Gasteiger partial charge in [-0.25, -0.2) is 8.42 Å². The van der Waals surface area contributed by atoms with E-state index in [0.717, 1.165) is 18.2 Å². The molecule has 0 spiro atoms. The first-order valence-electron chi connectivity index (χ1n) is 12.2. The molecule has 0 aliphatic carbocycles. The van der Waals surface area contributed by atoms with Crippen LogP contribution in [0.25, 0.3) is 0 Å². The Balaban J connectivity index is 2.25. The van der Waals surface area contributed by atoms with E-state index >= 15 is 0 Å². The van der Waals surface area contributed by atoms with Gasteiger partial charge in [0.1, 0.15) is 11.8 Å². The number of carbonyl (C=O) groups is 2. The standard InChI is InChI=1S/C26H34Cl3N3O5S/c1-5-13-30-26(34)23(6-2)31(17-18-9-11-20(27)21(28)15-18)25(33)8-7-14-32(38(4,35)36)19-10-12-24(37-3)22(29)16-19/h9-12,15-16,23H,5-8,13-14,17H2,1-4H3,(H,30,34). The number of nitrogens with one attached hydrogen (secondary N) is 1. The number of rotatable bonds is 14. The summed E-state index contributed by atoms with van der Waals surface area (Å²) >= 11 is 18.4. The molecule has 0 saturated carbocycles. The average Bonchev–Trinajstić information content (AvgIpc) is 2.86. The van der Waals surface area contributed by atoms with Gasteiger partial charge in [-0.3, -0.25) is 13.9 Å². The highest BCUT2D eigenvalue weighted by Gasteiger charge is 2.29. The molecule has 2 amide bonds. The third-order valence-electron chi connectivity index (χ3n) is 5.85. The molecule has 12 heteroatoms. The third-order valence-corrected chi connectivity index (χ3v) is 8.08. The van der Waals surface area contributed by atoms with E-state index in [1.54, 1.807) is 30.3 Å². The van der Waals surface area contributed by atoms with Crippen LogP contribution in [0.5, 0.6) is 5.75 Å². The molecule has 1 atom stereocenters. The monoisotopic (exact) mass is 605 g/mol. The van der Waals surface area contributed by atoms with Crippen LogP contribution in [-0.2, 0) is 26.2 Å². The van der Waals surface area contributed by atoms with Gasteiger partial charge in [-0.05, 0) is 55.2 Å². The van der Waals surface area contributed by atoms with E-state index < -0.39 is 16.1 Å². The third kappa shape index (κ3) is 8.93. The summed E-state index contributed by atoms with van der Waals surface area (Å²) in [5, 5.41) is 3.87. The van der Waals surface area contributed by atoms with Crippen molar-refractivity contribution in [3.8, 4) is 5.75 Å². The summed E-state index contributed by atoms with van der Waals surface area (Å²) in [5.74, 6) is -0.104. The summed E-state index contributed by atoms with van der Waals surface area (Å²) in [6, 6.07) is 9.05. The summed E-state index contributed by atoms with van der Waals surface area (Å²) in [4.78, 5) is 27.9. The van der Waals surface area contributed by atoms with Crippen molar-refractivity contribution >= 4 is 62.3 Å². The maximum Gasteiger partial charge on any atom is 0.242 e. The fourth-order valence-corrected chi connectivity index (χ4v) is 5.46. The van der Waals surface area contributed by atoms with E-state index in [2.05, 4.69) is 5.32 Å². The lowest BCUT2D eigenvalue weighted by Gasteiger charge is -2.31. The number of benzene rings is 2. The average molecular weight is 607 g/mol. The van der Waals surface area contributed by atoms with Crippen LogP contribution in [-0.4, -0.2) is 57.6 Å². The molecule has 0 bridgehead atoms. The lowest BCUT2D eigenvalue weighted by Crippen LogP contribution is -2.49. The minimum absolute atomic E-state index is 0.0226. The fourth-order valence-electron chi connectivity index (χ4n) is 3.93. The molecule has 0 aliphatic heterocycles. The summed E-state index contributed by atoms with van der Waals surface area (Å²) < 4.78 is 31.4. The maximum absolute atomic E-state index is 13.5. The first-order valence-corrected chi connectivity index (χ1v) is 15.2. The largest absolute Gasteiger partial charge is 0.495 e. The Bertz CT molecular complexity index is 1230. The van der Waals surface area contributed by atoms with E-state index in [0.29, 0.717) is 34.4 Å². The van der Waals surface area contributed by atoms with Crippen molar-refractivity contribution in [1.82, 2.24) is 10.2 Å². The SMILES string of the molecule is CCCNC(=O)C(CC)N(Cc1ccc(Cl)c(Cl)c1)C(=O)CCCN(c1ccc(OC)c(Cl)c1)S(C)(=O)=O. The molecule has 2 aromatic carbocycles. The van der Waals surface area contributed by atoms with Gasteiger partial charge in [-0.1, -0.05) is 54.7 Å². The van der Waals surface area contributed by atoms with E-state index in [9.17, 15) is 18.0 Å². The molecular weight excluding hydrogens is 573 g/mol. The van der Waals surface area contributed by atoms with Crippen molar-refractivity contribution in [3.05, 3.63) is 57.0 Å². The summed E-state index contributed by atoms with van der Waals surface area (Å²) in [7, 11) is -2.19. The number of ether oxygens (including phenoxy) is 1. The molecule has 1 N–H and O–H groups in total. The van der Waals surface area contributed by atoms with Gasteiger partial charge >= 0.3 is 0 Å². The Hall–Kier alpha value is -2.20. The predicted molar refractivity (Wildman–Crippen MR) is 154 cm³/mol. The van der Waals surface area contributed by atoms with Crippen LogP contribution in [0.3, 0.4) is 0 Å². The molecule has 0 aliphatic rings. The zero-order valence-electron chi connectivity index (χ0n) is 22.0. The zero-order chi connectivity index (χ0) is 28.5. The van der Waals surface area contributed by atoms with E-state index in [1.165, 1.54) is 22.4 Å². The number of sulfonamides is 1. The van der Waals surface area contributed by atoms with E-state index in [-0.39, 0.29) is 42.8 Å². The number of halogens is 3. The first-order chi connectivity index (χ1) is 17.9. The number of amides is 2. The lowest BCUT2D eigenvalue weighted by atomic mass is 10.1. The van der Waals surface area contributed by atoms with Crippen LogP contribution in [0.15, 0.2) is 36.4 Å². The molecule has 0 saturated heterocycles. The predicted octanol–water partition coefficient (Wildman–Crippen LogP) is 5.54. The maximum atomic E-state index is 13.5. The zero-order valence-corrected chi connectivity index (χ0v) is 25.1. The summed E-state index contributed by atoms with van der Waals surface area (Å²) in [6.07, 6.45) is 2.51. The smallest absolute Gasteiger partial charge is 0.242 e. The van der Waals surface area contributed by atoms with Crippen molar-refractivity contribution in [3.63, 3.8) is 0 Å². The lowest BCUT2D eigenvalue weighted by molar-refractivity contribution is -0.141. The fraction of sp³-hybridized carbons (Fsp3) is 0.462. The Morgan fingerprint density at radius 1 is 1.03 bits per heavy atom. The molecule has 0 fully saturated rings. The molecule has 0 aromatic heterocycles. The van der Waals surface area contributed by atoms with Crippen LogP contribution in [0, 0.1) is 0 Å². The molecule has 38 heavy (non-hydrogen) atoms. The molecule has 0 heterocycles. The number of hydrogen-bond acceptors (Lipinski definition) is 5. The van der Waals surface area contributed by atoms with Gasteiger partial charge in [0.25, 0.3) is 0 Å². The number of carbonyl (C=O) groups excluding carboxylic acids is 2.